The Morgan fingerprint density at radius 3 is 2.85 bits per heavy atom. The van der Waals surface area contributed by atoms with Gasteiger partial charge in [0.15, 0.2) is 0 Å². The lowest BCUT2D eigenvalue weighted by Gasteiger charge is -2.01. The molecular formula is C9H7N3O. The molecule has 64 valence electrons. The third-order valence-electron chi connectivity index (χ3n) is 1.76. The second kappa shape index (κ2) is 2.52. The highest BCUT2D eigenvalue weighted by atomic mass is 16.1. The maximum absolute atomic E-state index is 11.1. The van der Waals surface area contributed by atoms with Gasteiger partial charge in [-0.05, 0) is 12.1 Å². The Morgan fingerprint density at radius 1 is 1.31 bits per heavy atom. The average molecular weight is 173 g/mol. The van der Waals surface area contributed by atoms with Crippen molar-refractivity contribution >= 4 is 11.6 Å². The van der Waals surface area contributed by atoms with Gasteiger partial charge in [0.05, 0.1) is 11.0 Å². The van der Waals surface area contributed by atoms with Crippen LogP contribution in [-0.2, 0) is 4.79 Å². The highest BCUT2D eigenvalue weighted by molar-refractivity contribution is 5.93. The van der Waals surface area contributed by atoms with Crippen LogP contribution >= 0.6 is 0 Å². The molecule has 1 aromatic rings. The number of fused-ring (bicyclic) bond motifs is 1. The predicted octanol–water partition coefficient (Wildman–Crippen LogP) is -0.438. The number of nitrogens with zero attached hydrogens (tertiary/aromatic N) is 2. The second-order valence-corrected chi connectivity index (χ2v) is 2.69. The zero-order valence-corrected chi connectivity index (χ0v) is 6.82. The summed E-state index contributed by atoms with van der Waals surface area (Å²) in [6.45, 7) is 3.47. The predicted molar refractivity (Wildman–Crippen MR) is 47.3 cm³/mol. The van der Waals surface area contributed by atoms with Crippen molar-refractivity contribution in [2.75, 3.05) is 5.73 Å². The molecular weight excluding hydrogens is 166 g/mol. The monoisotopic (exact) mass is 173 g/mol. The van der Waals surface area contributed by atoms with E-state index in [1.54, 1.807) is 18.2 Å². The van der Waals surface area contributed by atoms with Crippen LogP contribution in [0.25, 0.3) is 0 Å². The third kappa shape index (κ3) is 1.12. The maximum atomic E-state index is 11.1. The van der Waals surface area contributed by atoms with E-state index in [0.29, 0.717) is 16.4 Å². The number of carbonyl (C=O) groups is 1. The number of rotatable bonds is 0. The summed E-state index contributed by atoms with van der Waals surface area (Å²) in [5.41, 5.74) is 6.28. The first-order chi connectivity index (χ1) is 6.18. The molecule has 0 bridgehead atoms. The Labute approximate surface area is 74.1 Å². The highest BCUT2D eigenvalue weighted by Crippen LogP contribution is 1.98. The SMILES string of the molecule is C=C1N=c2c(N)cccc2=NC1=O. The zero-order valence-electron chi connectivity index (χ0n) is 6.82. The molecule has 1 heterocycles. The number of amides is 1. The topological polar surface area (TPSA) is 67.8 Å². The summed E-state index contributed by atoms with van der Waals surface area (Å²) in [6.07, 6.45) is 0. The van der Waals surface area contributed by atoms with Gasteiger partial charge in [0.1, 0.15) is 11.1 Å². The number of nitrogens with two attached hydrogens (primary N) is 1. The molecule has 0 spiro atoms. The van der Waals surface area contributed by atoms with Crippen LogP contribution in [0.1, 0.15) is 0 Å². The van der Waals surface area contributed by atoms with Crippen molar-refractivity contribution in [3.8, 4) is 0 Å². The van der Waals surface area contributed by atoms with Crippen molar-refractivity contribution in [1.29, 1.82) is 0 Å². The molecule has 4 heteroatoms. The molecule has 1 amide bonds. The van der Waals surface area contributed by atoms with Crippen LogP contribution in [0.4, 0.5) is 5.69 Å². The summed E-state index contributed by atoms with van der Waals surface area (Å²) >= 11 is 0. The smallest absolute Gasteiger partial charge is 0.295 e. The first kappa shape index (κ1) is 7.67. The Morgan fingerprint density at radius 2 is 2.08 bits per heavy atom. The van der Waals surface area contributed by atoms with E-state index in [2.05, 4.69) is 16.6 Å². The normalized spacial score (nSPS) is 14.5. The number of para-hydroxylation sites is 1. The van der Waals surface area contributed by atoms with Gasteiger partial charge in [-0.2, -0.15) is 0 Å². The van der Waals surface area contributed by atoms with Crippen LogP contribution in [-0.4, -0.2) is 5.91 Å². The number of hydrogen-bond acceptors (Lipinski definition) is 3. The van der Waals surface area contributed by atoms with Crippen molar-refractivity contribution in [3.05, 3.63) is 41.2 Å². The summed E-state index contributed by atoms with van der Waals surface area (Å²) in [4.78, 5) is 18.8. The van der Waals surface area contributed by atoms with Crippen LogP contribution in [0.15, 0.2) is 40.5 Å². The van der Waals surface area contributed by atoms with E-state index in [1.165, 1.54) is 0 Å². The first-order valence-electron chi connectivity index (χ1n) is 3.73. The van der Waals surface area contributed by atoms with Gasteiger partial charge in [0, 0.05) is 0 Å². The first-order valence-corrected chi connectivity index (χ1v) is 3.73. The van der Waals surface area contributed by atoms with Crippen molar-refractivity contribution in [2.24, 2.45) is 9.98 Å². The Balaban J connectivity index is 2.92. The van der Waals surface area contributed by atoms with Crippen molar-refractivity contribution in [1.82, 2.24) is 0 Å². The van der Waals surface area contributed by atoms with Crippen molar-refractivity contribution < 1.29 is 4.79 Å². The minimum absolute atomic E-state index is 0.130. The van der Waals surface area contributed by atoms with Gasteiger partial charge in [0.25, 0.3) is 5.91 Å². The average Bonchev–Trinajstić information content (AvgIpc) is 2.09. The van der Waals surface area contributed by atoms with Gasteiger partial charge >= 0.3 is 0 Å². The van der Waals surface area contributed by atoms with Gasteiger partial charge in [0.2, 0.25) is 0 Å². The molecule has 0 saturated carbocycles. The zero-order chi connectivity index (χ0) is 9.42. The summed E-state index contributed by atoms with van der Waals surface area (Å²) in [6, 6.07) is 5.13. The van der Waals surface area contributed by atoms with E-state index in [-0.39, 0.29) is 5.70 Å². The number of benzene rings is 1. The molecule has 0 fully saturated rings. The van der Waals surface area contributed by atoms with Gasteiger partial charge in [-0.1, -0.05) is 12.6 Å². The van der Waals surface area contributed by atoms with Crippen molar-refractivity contribution in [3.63, 3.8) is 0 Å². The van der Waals surface area contributed by atoms with Gasteiger partial charge in [-0.3, -0.25) is 4.79 Å². The number of nitrogen functional groups attached to an aromatic ring is 1. The van der Waals surface area contributed by atoms with E-state index in [1.807, 2.05) is 0 Å². The molecule has 0 aromatic heterocycles. The molecule has 4 nitrogen and oxygen atoms in total. The number of anilines is 1. The fraction of sp³-hybridized carbons (Fsp3) is 0. The number of hydrogen-bond donors (Lipinski definition) is 1. The molecule has 0 atom stereocenters. The summed E-state index contributed by atoms with van der Waals surface area (Å²) < 4.78 is 0. The molecule has 2 N–H and O–H groups in total. The molecule has 0 radical (unpaired) electrons. The van der Waals surface area contributed by atoms with E-state index in [4.69, 9.17) is 5.73 Å². The minimum atomic E-state index is -0.405. The van der Waals surface area contributed by atoms with E-state index in [9.17, 15) is 4.79 Å². The van der Waals surface area contributed by atoms with E-state index < -0.39 is 5.91 Å². The van der Waals surface area contributed by atoms with Crippen LogP contribution in [0.2, 0.25) is 0 Å². The van der Waals surface area contributed by atoms with Crippen LogP contribution < -0.4 is 16.4 Å². The number of carbonyl (C=O) groups excluding carboxylic acids is 1. The molecule has 1 aliphatic rings. The highest BCUT2D eigenvalue weighted by Gasteiger charge is 2.09. The summed E-state index contributed by atoms with van der Waals surface area (Å²) in [5.74, 6) is -0.405. The molecule has 0 aliphatic carbocycles. The molecule has 13 heavy (non-hydrogen) atoms. The van der Waals surface area contributed by atoms with E-state index >= 15 is 0 Å². The van der Waals surface area contributed by atoms with E-state index in [0.717, 1.165) is 0 Å². The Hall–Kier alpha value is -1.97. The molecule has 1 aromatic carbocycles. The summed E-state index contributed by atoms with van der Waals surface area (Å²) in [7, 11) is 0. The quantitative estimate of drug-likeness (QED) is 0.427. The minimum Gasteiger partial charge on any atom is -0.397 e. The van der Waals surface area contributed by atoms with Crippen LogP contribution in [0.3, 0.4) is 0 Å². The maximum Gasteiger partial charge on any atom is 0.295 e. The molecule has 2 rings (SSSR count). The van der Waals surface area contributed by atoms with Gasteiger partial charge < -0.3 is 5.73 Å². The van der Waals surface area contributed by atoms with Gasteiger partial charge in [-0.25, -0.2) is 9.98 Å². The Kier molecular flexibility index (Phi) is 1.48. The fourth-order valence-corrected chi connectivity index (χ4v) is 1.12. The second-order valence-electron chi connectivity index (χ2n) is 2.69. The lowest BCUT2D eigenvalue weighted by atomic mass is 10.2. The van der Waals surface area contributed by atoms with Gasteiger partial charge in [-0.15, -0.1) is 0 Å². The lowest BCUT2D eigenvalue weighted by molar-refractivity contribution is -0.114. The molecule has 0 unspecified atom stereocenters. The lowest BCUT2D eigenvalue weighted by Crippen LogP contribution is -2.32. The van der Waals surface area contributed by atoms with Crippen molar-refractivity contribution in [2.45, 2.75) is 0 Å². The molecule has 1 aliphatic heterocycles. The van der Waals surface area contributed by atoms with Crippen LogP contribution in [0.5, 0.6) is 0 Å². The molecule has 0 saturated heterocycles. The Bertz CT molecular complexity index is 516. The van der Waals surface area contributed by atoms with Crippen LogP contribution in [0, 0.1) is 0 Å². The third-order valence-corrected chi connectivity index (χ3v) is 1.76. The largest absolute Gasteiger partial charge is 0.397 e. The summed E-state index contributed by atoms with van der Waals surface area (Å²) in [5, 5.41) is 1.05. The standard InChI is InChI=1S/C9H7N3O/c1-5-9(13)12-7-4-2-3-6(10)8(7)11-5/h2-4H,1,10H2. The fourth-order valence-electron chi connectivity index (χ4n) is 1.12.